The smallest absolute Gasteiger partial charge is 0.100 e. The minimum atomic E-state index is 0.693. The quantitative estimate of drug-likeness (QED) is 0.622. The lowest BCUT2D eigenvalue weighted by atomic mass is 10.2. The summed E-state index contributed by atoms with van der Waals surface area (Å²) < 4.78 is 0.980. The second-order valence-electron chi connectivity index (χ2n) is 1.52. The molecule has 0 fully saturated rings. The number of nitriles is 1. The van der Waals surface area contributed by atoms with Crippen molar-refractivity contribution in [3.8, 4) is 6.07 Å². The van der Waals surface area contributed by atoms with Crippen LogP contribution in [0.5, 0.6) is 0 Å². The fourth-order valence-corrected chi connectivity index (χ4v) is 0.953. The Hall–Kier alpha value is -0.560. The van der Waals surface area contributed by atoms with Crippen molar-refractivity contribution in [3.05, 3.63) is 33.4 Å². The van der Waals surface area contributed by atoms with E-state index < -0.39 is 0 Å². The van der Waals surface area contributed by atoms with E-state index in [2.05, 4.69) is 34.7 Å². The highest BCUT2D eigenvalue weighted by Crippen LogP contribution is 2.08. The van der Waals surface area contributed by atoms with Crippen LogP contribution in [0.15, 0.2) is 18.2 Å². The molecule has 1 rings (SSSR count). The molecule has 0 aliphatic carbocycles. The fraction of sp³-hybridized carbons (Fsp3) is 0. The molecule has 0 saturated heterocycles. The van der Waals surface area contributed by atoms with Crippen LogP contribution in [0.1, 0.15) is 5.56 Å². The van der Waals surface area contributed by atoms with Crippen LogP contribution in [0, 0.1) is 21.0 Å². The minimum Gasteiger partial charge on any atom is -0.192 e. The van der Waals surface area contributed by atoms with E-state index in [-0.39, 0.29) is 0 Å². The van der Waals surface area contributed by atoms with Crippen molar-refractivity contribution < 1.29 is 0 Å². The third-order valence-electron chi connectivity index (χ3n) is 0.931. The molecule has 0 atom stereocenters. The van der Waals surface area contributed by atoms with Gasteiger partial charge >= 0.3 is 0 Å². The first-order chi connectivity index (χ1) is 4.34. The fourth-order valence-electron chi connectivity index (χ4n) is 0.497. The maximum atomic E-state index is 8.44. The first-order valence-electron chi connectivity index (χ1n) is 2.40. The van der Waals surface area contributed by atoms with E-state index in [1.54, 1.807) is 12.1 Å². The van der Waals surface area contributed by atoms with Gasteiger partial charge in [-0.3, -0.25) is 0 Å². The van der Waals surface area contributed by atoms with Gasteiger partial charge in [-0.05, 0) is 40.8 Å². The van der Waals surface area contributed by atoms with E-state index in [0.29, 0.717) is 5.56 Å². The van der Waals surface area contributed by atoms with Crippen molar-refractivity contribution >= 4 is 22.6 Å². The van der Waals surface area contributed by atoms with Crippen LogP contribution < -0.4 is 0 Å². The summed E-state index contributed by atoms with van der Waals surface area (Å²) in [4.78, 5) is 0. The summed E-state index contributed by atoms with van der Waals surface area (Å²) in [6.07, 6.45) is 0. The summed E-state index contributed by atoms with van der Waals surface area (Å²) in [6, 6.07) is 10.2. The number of nitrogens with zero attached hydrogens (tertiary/aromatic N) is 1. The molecule has 0 saturated carbocycles. The summed E-state index contributed by atoms with van der Waals surface area (Å²) in [7, 11) is 0. The molecule has 0 amide bonds. The Bertz CT molecular complexity index is 249. The number of rotatable bonds is 0. The lowest BCUT2D eigenvalue weighted by Crippen LogP contribution is -1.77. The van der Waals surface area contributed by atoms with Gasteiger partial charge in [-0.2, -0.15) is 5.26 Å². The van der Waals surface area contributed by atoms with Crippen molar-refractivity contribution in [2.45, 2.75) is 0 Å². The predicted octanol–water partition coefficient (Wildman–Crippen LogP) is 1.96. The molecule has 0 aromatic heterocycles. The Kier molecular flexibility index (Phi) is 2.06. The second-order valence-corrected chi connectivity index (χ2v) is 2.68. The van der Waals surface area contributed by atoms with Gasteiger partial charge in [-0.15, -0.1) is 0 Å². The van der Waals surface area contributed by atoms with Gasteiger partial charge < -0.3 is 0 Å². The van der Waals surface area contributed by atoms with Crippen LogP contribution in [-0.4, -0.2) is 0 Å². The number of halogens is 1. The van der Waals surface area contributed by atoms with Crippen LogP contribution in [0.3, 0.4) is 0 Å². The van der Waals surface area contributed by atoms with Crippen LogP contribution in [0.25, 0.3) is 0 Å². The molecule has 1 nitrogen and oxygen atoms in total. The first kappa shape index (κ1) is 6.56. The molecule has 0 spiro atoms. The molecule has 0 unspecified atom stereocenters. The van der Waals surface area contributed by atoms with Crippen LogP contribution >= 0.6 is 22.6 Å². The molecule has 0 heterocycles. The summed E-state index contributed by atoms with van der Waals surface area (Å²) in [5, 5.41) is 8.44. The zero-order chi connectivity index (χ0) is 6.69. The van der Waals surface area contributed by atoms with E-state index in [0.717, 1.165) is 3.57 Å². The largest absolute Gasteiger partial charge is 0.192 e. The molecule has 0 N–H and O–H groups in total. The summed E-state index contributed by atoms with van der Waals surface area (Å²) in [5.74, 6) is 0. The summed E-state index contributed by atoms with van der Waals surface area (Å²) in [6.45, 7) is 0. The Morgan fingerprint density at radius 1 is 1.67 bits per heavy atom. The van der Waals surface area contributed by atoms with Gasteiger partial charge in [0, 0.05) is 3.57 Å². The normalized spacial score (nSPS) is 8.44. The average Bonchev–Trinajstić information content (AvgIpc) is 1.89. The van der Waals surface area contributed by atoms with Crippen molar-refractivity contribution in [1.82, 2.24) is 0 Å². The third kappa shape index (κ3) is 1.42. The van der Waals surface area contributed by atoms with Crippen LogP contribution in [0.2, 0.25) is 0 Å². The maximum absolute atomic E-state index is 8.44. The van der Waals surface area contributed by atoms with Crippen molar-refractivity contribution in [2.75, 3.05) is 0 Å². The molecule has 0 bridgehead atoms. The highest BCUT2D eigenvalue weighted by atomic mass is 127. The van der Waals surface area contributed by atoms with E-state index in [4.69, 9.17) is 5.26 Å². The van der Waals surface area contributed by atoms with Crippen molar-refractivity contribution in [1.29, 1.82) is 5.26 Å². The van der Waals surface area contributed by atoms with Gasteiger partial charge in [0.05, 0.1) is 5.56 Å². The molecule has 9 heavy (non-hydrogen) atoms. The zero-order valence-electron chi connectivity index (χ0n) is 4.56. The molecular formula is C7H3IN. The number of hydrogen-bond donors (Lipinski definition) is 0. The van der Waals surface area contributed by atoms with E-state index in [1.807, 2.05) is 6.07 Å². The maximum Gasteiger partial charge on any atom is 0.100 e. The average molecular weight is 228 g/mol. The second kappa shape index (κ2) is 2.83. The summed E-state index contributed by atoms with van der Waals surface area (Å²) in [5.41, 5.74) is 0.693. The van der Waals surface area contributed by atoms with Gasteiger partial charge in [-0.25, -0.2) is 0 Å². The molecule has 1 radical (unpaired) electrons. The van der Waals surface area contributed by atoms with Gasteiger partial charge in [0.25, 0.3) is 0 Å². The topological polar surface area (TPSA) is 23.8 Å². The standard InChI is InChI=1S/C7H3IN/c8-7-4-2-1-3-6(7)5-9/h2-4H. The predicted molar refractivity (Wildman–Crippen MR) is 42.7 cm³/mol. The highest BCUT2D eigenvalue weighted by molar-refractivity contribution is 14.1. The lowest BCUT2D eigenvalue weighted by Gasteiger charge is -1.88. The lowest BCUT2D eigenvalue weighted by molar-refractivity contribution is 1.46. The van der Waals surface area contributed by atoms with E-state index >= 15 is 0 Å². The molecular weight excluding hydrogens is 225 g/mol. The zero-order valence-corrected chi connectivity index (χ0v) is 6.71. The highest BCUT2D eigenvalue weighted by Gasteiger charge is 1.92. The van der Waals surface area contributed by atoms with Crippen molar-refractivity contribution in [2.24, 2.45) is 0 Å². The molecule has 1 aromatic rings. The van der Waals surface area contributed by atoms with Gasteiger partial charge in [0.1, 0.15) is 6.07 Å². The Labute approximate surface area is 67.5 Å². The molecule has 0 aliphatic heterocycles. The Morgan fingerprint density at radius 2 is 2.44 bits per heavy atom. The Balaban J connectivity index is 3.20. The van der Waals surface area contributed by atoms with Gasteiger partial charge in [0.15, 0.2) is 0 Å². The van der Waals surface area contributed by atoms with Gasteiger partial charge in [0.2, 0.25) is 0 Å². The Morgan fingerprint density at radius 3 is 2.89 bits per heavy atom. The summed E-state index contributed by atoms with van der Waals surface area (Å²) >= 11 is 2.12. The van der Waals surface area contributed by atoms with Gasteiger partial charge in [-0.1, -0.05) is 6.07 Å². The van der Waals surface area contributed by atoms with Crippen molar-refractivity contribution in [3.63, 3.8) is 0 Å². The first-order valence-corrected chi connectivity index (χ1v) is 3.48. The number of benzene rings is 1. The molecule has 43 valence electrons. The molecule has 2 heteroatoms. The molecule has 0 aliphatic rings. The third-order valence-corrected chi connectivity index (χ3v) is 1.87. The molecule has 1 aromatic carbocycles. The number of hydrogen-bond acceptors (Lipinski definition) is 1. The van der Waals surface area contributed by atoms with E-state index in [9.17, 15) is 0 Å². The van der Waals surface area contributed by atoms with E-state index in [1.165, 1.54) is 0 Å². The minimum absolute atomic E-state index is 0.693. The van der Waals surface area contributed by atoms with Crippen LogP contribution in [-0.2, 0) is 0 Å². The monoisotopic (exact) mass is 228 g/mol. The van der Waals surface area contributed by atoms with Crippen LogP contribution in [0.4, 0.5) is 0 Å². The SMILES string of the molecule is N#Cc1c[c]ccc1I.